The van der Waals surface area contributed by atoms with Gasteiger partial charge in [0.15, 0.2) is 0 Å². The number of benzene rings is 1. The molecule has 0 saturated carbocycles. The third-order valence-electron chi connectivity index (χ3n) is 3.54. The second-order valence-electron chi connectivity index (χ2n) is 5.32. The predicted molar refractivity (Wildman–Crippen MR) is 78.9 cm³/mol. The van der Waals surface area contributed by atoms with E-state index >= 15 is 0 Å². The molecule has 0 bridgehead atoms. The number of halogens is 4. The van der Waals surface area contributed by atoms with Crippen LogP contribution in [0.4, 0.5) is 17.6 Å². The van der Waals surface area contributed by atoms with Gasteiger partial charge in [-0.05, 0) is 36.8 Å². The highest BCUT2D eigenvalue weighted by Gasteiger charge is 2.36. The smallest absolute Gasteiger partial charge is 0.449 e. The molecule has 2 atom stereocenters. The van der Waals surface area contributed by atoms with Crippen molar-refractivity contribution in [1.29, 1.82) is 0 Å². The first-order valence-corrected chi connectivity index (χ1v) is 7.48. The van der Waals surface area contributed by atoms with Crippen molar-refractivity contribution < 1.29 is 36.6 Å². The van der Waals surface area contributed by atoms with Crippen molar-refractivity contribution in [2.75, 3.05) is 6.61 Å². The molecule has 0 aliphatic heterocycles. The molecule has 1 aromatic carbocycles. The molecule has 0 amide bonds. The van der Waals surface area contributed by atoms with Crippen LogP contribution in [0.25, 0.3) is 0 Å². The van der Waals surface area contributed by atoms with Crippen LogP contribution >= 0.6 is 0 Å². The number of aliphatic hydroxyl groups excluding tert-OH is 1. The number of aliphatic hydroxyl groups is 1. The standard InChI is InChI=1S/C17H16F4O4/c1-2-24-16(23)13(15(22)10-3-5-11(18)6-4-10)9-12-7-8-14(25-12)17(19,20)21/h3-8,13,15,22H,2,9H2,1H3. The van der Waals surface area contributed by atoms with Crippen LogP contribution in [-0.2, 0) is 22.1 Å². The summed E-state index contributed by atoms with van der Waals surface area (Å²) >= 11 is 0. The first-order valence-electron chi connectivity index (χ1n) is 7.48. The van der Waals surface area contributed by atoms with Gasteiger partial charge in [-0.2, -0.15) is 13.2 Å². The largest absolute Gasteiger partial charge is 0.466 e. The van der Waals surface area contributed by atoms with Crippen molar-refractivity contribution in [3.05, 3.63) is 59.3 Å². The molecule has 1 heterocycles. The maximum absolute atomic E-state index is 13.0. The average molecular weight is 360 g/mol. The zero-order chi connectivity index (χ0) is 18.6. The van der Waals surface area contributed by atoms with Gasteiger partial charge in [0.05, 0.1) is 18.6 Å². The Balaban J connectivity index is 2.25. The fraction of sp³-hybridized carbons (Fsp3) is 0.353. The molecule has 4 nitrogen and oxygen atoms in total. The normalized spacial score (nSPS) is 14.2. The van der Waals surface area contributed by atoms with Crippen molar-refractivity contribution in [2.24, 2.45) is 5.92 Å². The molecule has 0 aliphatic rings. The highest BCUT2D eigenvalue weighted by Crippen LogP contribution is 2.33. The summed E-state index contributed by atoms with van der Waals surface area (Å²) in [5.41, 5.74) is 0.238. The van der Waals surface area contributed by atoms with E-state index in [0.717, 1.165) is 24.3 Å². The molecule has 136 valence electrons. The van der Waals surface area contributed by atoms with E-state index < -0.39 is 35.7 Å². The lowest BCUT2D eigenvalue weighted by Gasteiger charge is -2.21. The Morgan fingerprint density at radius 3 is 2.36 bits per heavy atom. The summed E-state index contributed by atoms with van der Waals surface area (Å²) in [6, 6.07) is 6.63. The Kier molecular flexibility index (Phi) is 5.84. The highest BCUT2D eigenvalue weighted by atomic mass is 19.4. The van der Waals surface area contributed by atoms with Gasteiger partial charge in [-0.25, -0.2) is 4.39 Å². The van der Waals surface area contributed by atoms with E-state index in [2.05, 4.69) is 0 Å². The van der Waals surface area contributed by atoms with Gasteiger partial charge in [0, 0.05) is 6.42 Å². The summed E-state index contributed by atoms with van der Waals surface area (Å²) in [7, 11) is 0. The number of furan rings is 1. The zero-order valence-electron chi connectivity index (χ0n) is 13.2. The van der Waals surface area contributed by atoms with E-state index in [0.29, 0.717) is 0 Å². The van der Waals surface area contributed by atoms with Gasteiger partial charge in [-0.1, -0.05) is 12.1 Å². The summed E-state index contributed by atoms with van der Waals surface area (Å²) < 4.78 is 60.4. The van der Waals surface area contributed by atoms with Crippen LogP contribution < -0.4 is 0 Å². The Labute approximate surface area is 141 Å². The summed E-state index contributed by atoms with van der Waals surface area (Å²) in [5, 5.41) is 10.4. The maximum Gasteiger partial charge on any atom is 0.449 e. The Morgan fingerprint density at radius 2 is 1.84 bits per heavy atom. The second-order valence-corrected chi connectivity index (χ2v) is 5.32. The Hall–Kier alpha value is -2.35. The number of alkyl halides is 3. The Bertz CT molecular complexity index is 706. The van der Waals surface area contributed by atoms with Gasteiger partial charge in [0.2, 0.25) is 5.76 Å². The molecular weight excluding hydrogens is 344 g/mol. The first kappa shape index (κ1) is 19.0. The first-order chi connectivity index (χ1) is 11.7. The minimum Gasteiger partial charge on any atom is -0.466 e. The minimum absolute atomic E-state index is 0.0391. The van der Waals surface area contributed by atoms with Crippen LogP contribution in [0.3, 0.4) is 0 Å². The zero-order valence-corrected chi connectivity index (χ0v) is 13.2. The molecule has 2 aromatic rings. The molecule has 25 heavy (non-hydrogen) atoms. The van der Waals surface area contributed by atoms with Crippen molar-refractivity contribution in [3.63, 3.8) is 0 Å². The monoisotopic (exact) mass is 360 g/mol. The third-order valence-corrected chi connectivity index (χ3v) is 3.54. The number of esters is 1. The van der Waals surface area contributed by atoms with Gasteiger partial charge in [0.25, 0.3) is 0 Å². The lowest BCUT2D eigenvalue weighted by Crippen LogP contribution is -2.26. The fourth-order valence-electron chi connectivity index (χ4n) is 2.32. The molecule has 0 radical (unpaired) electrons. The number of rotatable bonds is 6. The molecule has 0 saturated heterocycles. The molecule has 2 unspecified atom stereocenters. The van der Waals surface area contributed by atoms with Crippen LogP contribution in [-0.4, -0.2) is 17.7 Å². The fourth-order valence-corrected chi connectivity index (χ4v) is 2.32. The summed E-state index contributed by atoms with van der Waals surface area (Å²) in [4.78, 5) is 12.1. The Morgan fingerprint density at radius 1 is 1.20 bits per heavy atom. The van der Waals surface area contributed by atoms with Crippen molar-refractivity contribution in [3.8, 4) is 0 Å². The quantitative estimate of drug-likeness (QED) is 0.627. The lowest BCUT2D eigenvalue weighted by atomic mass is 9.92. The van der Waals surface area contributed by atoms with Crippen molar-refractivity contribution in [1.82, 2.24) is 0 Å². The number of carbonyl (C=O) groups excluding carboxylic acids is 1. The van der Waals surface area contributed by atoms with Crippen LogP contribution in [0, 0.1) is 11.7 Å². The van der Waals surface area contributed by atoms with E-state index in [1.807, 2.05) is 0 Å². The van der Waals surface area contributed by atoms with Crippen LogP contribution in [0.15, 0.2) is 40.8 Å². The molecule has 1 aromatic heterocycles. The van der Waals surface area contributed by atoms with Gasteiger partial charge in [-0.15, -0.1) is 0 Å². The average Bonchev–Trinajstić information content (AvgIpc) is 3.02. The van der Waals surface area contributed by atoms with E-state index in [1.54, 1.807) is 6.92 Å². The minimum atomic E-state index is -4.65. The molecule has 0 spiro atoms. The number of hydrogen-bond acceptors (Lipinski definition) is 4. The van der Waals surface area contributed by atoms with Gasteiger partial charge in [0.1, 0.15) is 11.6 Å². The van der Waals surface area contributed by atoms with E-state index in [1.165, 1.54) is 12.1 Å². The highest BCUT2D eigenvalue weighted by molar-refractivity contribution is 5.73. The van der Waals surface area contributed by atoms with Gasteiger partial charge in [-0.3, -0.25) is 4.79 Å². The van der Waals surface area contributed by atoms with Gasteiger partial charge < -0.3 is 14.3 Å². The maximum atomic E-state index is 13.0. The van der Waals surface area contributed by atoms with E-state index in [-0.39, 0.29) is 24.4 Å². The lowest BCUT2D eigenvalue weighted by molar-refractivity contribution is -0.154. The summed E-state index contributed by atoms with van der Waals surface area (Å²) in [6.45, 7) is 1.60. The molecule has 0 aliphatic carbocycles. The number of hydrogen-bond donors (Lipinski definition) is 1. The molecule has 8 heteroatoms. The van der Waals surface area contributed by atoms with E-state index in [4.69, 9.17) is 9.15 Å². The third kappa shape index (κ3) is 4.82. The topological polar surface area (TPSA) is 59.7 Å². The van der Waals surface area contributed by atoms with Crippen LogP contribution in [0.1, 0.15) is 30.1 Å². The van der Waals surface area contributed by atoms with E-state index in [9.17, 15) is 27.5 Å². The molecule has 0 fully saturated rings. The predicted octanol–water partition coefficient (Wildman–Crippen LogP) is 3.89. The van der Waals surface area contributed by atoms with Crippen LogP contribution in [0.2, 0.25) is 0 Å². The van der Waals surface area contributed by atoms with Crippen molar-refractivity contribution >= 4 is 5.97 Å². The molecule has 1 N–H and O–H groups in total. The van der Waals surface area contributed by atoms with Crippen molar-refractivity contribution in [2.45, 2.75) is 25.6 Å². The molecule has 2 rings (SSSR count). The van der Waals surface area contributed by atoms with Gasteiger partial charge >= 0.3 is 12.1 Å². The molecular formula is C17H16F4O4. The summed E-state index contributed by atoms with van der Waals surface area (Å²) in [5.74, 6) is -3.82. The second kappa shape index (κ2) is 7.69. The number of carbonyl (C=O) groups is 1. The number of ether oxygens (including phenoxy) is 1. The SMILES string of the molecule is CCOC(=O)C(Cc1ccc(C(F)(F)F)o1)C(O)c1ccc(F)cc1. The summed E-state index contributed by atoms with van der Waals surface area (Å²) in [6.07, 6.45) is -6.33. The van der Waals surface area contributed by atoms with Crippen LogP contribution in [0.5, 0.6) is 0 Å².